The van der Waals surface area contributed by atoms with Gasteiger partial charge >= 0.3 is 0 Å². The Hall–Kier alpha value is -1.33. The van der Waals surface area contributed by atoms with E-state index >= 15 is 0 Å². The number of piperidine rings is 1. The summed E-state index contributed by atoms with van der Waals surface area (Å²) < 4.78 is 10.1. The summed E-state index contributed by atoms with van der Waals surface area (Å²) in [5.74, 6) is 0.271. The number of furan rings is 1. The molecule has 1 aromatic rings. The molecular formula is C13H20N2O3. The third-order valence-electron chi connectivity index (χ3n) is 3.28. The van der Waals surface area contributed by atoms with E-state index in [-0.39, 0.29) is 11.9 Å². The van der Waals surface area contributed by atoms with E-state index in [9.17, 15) is 4.79 Å². The molecular weight excluding hydrogens is 232 g/mol. The summed E-state index contributed by atoms with van der Waals surface area (Å²) in [4.78, 5) is 14.1. The van der Waals surface area contributed by atoms with Crippen molar-refractivity contribution in [3.63, 3.8) is 0 Å². The summed E-state index contributed by atoms with van der Waals surface area (Å²) in [5.41, 5.74) is 0. The largest absolute Gasteiger partial charge is 0.459 e. The molecule has 1 aliphatic heterocycles. The Morgan fingerprint density at radius 2 is 2.33 bits per heavy atom. The van der Waals surface area contributed by atoms with Gasteiger partial charge in [-0.05, 0) is 25.0 Å². The lowest BCUT2D eigenvalue weighted by atomic mass is 10.0. The zero-order valence-electron chi connectivity index (χ0n) is 10.7. The predicted molar refractivity (Wildman–Crippen MR) is 67.5 cm³/mol. The van der Waals surface area contributed by atoms with E-state index in [1.807, 2.05) is 0 Å². The fourth-order valence-corrected chi connectivity index (χ4v) is 2.19. The average molecular weight is 252 g/mol. The first kappa shape index (κ1) is 13.1. The molecule has 0 aromatic carbocycles. The predicted octanol–water partition coefficient (Wildman–Crippen LogP) is 1.12. The van der Waals surface area contributed by atoms with Crippen molar-refractivity contribution in [1.82, 2.24) is 10.2 Å². The standard InChI is InChI=1S/C13H20N2O3/c1-17-10-8-15-6-4-11(5-7-15)14-13(16)12-3-2-9-18-12/h2-3,9,11H,4-8,10H2,1H3,(H,14,16). The molecule has 1 fully saturated rings. The van der Waals surface area contributed by atoms with Gasteiger partial charge in [-0.1, -0.05) is 0 Å². The van der Waals surface area contributed by atoms with Crippen molar-refractivity contribution in [3.05, 3.63) is 24.2 Å². The van der Waals surface area contributed by atoms with E-state index in [1.54, 1.807) is 19.2 Å². The number of amides is 1. The smallest absolute Gasteiger partial charge is 0.287 e. The van der Waals surface area contributed by atoms with Gasteiger partial charge in [-0.2, -0.15) is 0 Å². The summed E-state index contributed by atoms with van der Waals surface area (Å²) in [6.07, 6.45) is 3.48. The van der Waals surface area contributed by atoms with Crippen LogP contribution in [-0.4, -0.2) is 50.2 Å². The van der Waals surface area contributed by atoms with Crippen LogP contribution in [0.4, 0.5) is 0 Å². The molecule has 18 heavy (non-hydrogen) atoms. The summed E-state index contributed by atoms with van der Waals surface area (Å²) in [6, 6.07) is 3.66. The van der Waals surface area contributed by atoms with Gasteiger partial charge in [-0.15, -0.1) is 0 Å². The van der Waals surface area contributed by atoms with Crippen LogP contribution in [0.1, 0.15) is 23.4 Å². The SMILES string of the molecule is COCCN1CCC(NC(=O)c2ccco2)CC1. The number of rotatable bonds is 5. The highest BCUT2D eigenvalue weighted by Gasteiger charge is 2.21. The highest BCUT2D eigenvalue weighted by atomic mass is 16.5. The van der Waals surface area contributed by atoms with Gasteiger partial charge in [-0.3, -0.25) is 4.79 Å². The highest BCUT2D eigenvalue weighted by Crippen LogP contribution is 2.11. The minimum Gasteiger partial charge on any atom is -0.459 e. The second-order valence-corrected chi connectivity index (χ2v) is 4.56. The molecule has 2 heterocycles. The van der Waals surface area contributed by atoms with Gasteiger partial charge in [0.15, 0.2) is 5.76 Å². The Labute approximate surface area is 107 Å². The van der Waals surface area contributed by atoms with Crippen LogP contribution in [0.3, 0.4) is 0 Å². The van der Waals surface area contributed by atoms with E-state index in [0.29, 0.717) is 5.76 Å². The summed E-state index contributed by atoms with van der Waals surface area (Å²) >= 11 is 0. The number of methoxy groups -OCH3 is 1. The quantitative estimate of drug-likeness (QED) is 0.853. The van der Waals surface area contributed by atoms with Crippen molar-refractivity contribution in [2.24, 2.45) is 0 Å². The van der Waals surface area contributed by atoms with Crippen molar-refractivity contribution < 1.29 is 13.9 Å². The molecule has 0 atom stereocenters. The summed E-state index contributed by atoms with van der Waals surface area (Å²) in [6.45, 7) is 3.75. The van der Waals surface area contributed by atoms with Crippen molar-refractivity contribution in [2.45, 2.75) is 18.9 Å². The number of carbonyl (C=O) groups excluding carboxylic acids is 1. The van der Waals surface area contributed by atoms with Crippen LogP contribution in [0, 0.1) is 0 Å². The molecule has 2 rings (SSSR count). The first-order chi connectivity index (χ1) is 8.79. The van der Waals surface area contributed by atoms with Crippen molar-refractivity contribution in [3.8, 4) is 0 Å². The Morgan fingerprint density at radius 3 is 2.94 bits per heavy atom. The molecule has 0 spiro atoms. The van der Waals surface area contributed by atoms with E-state index < -0.39 is 0 Å². The maximum absolute atomic E-state index is 11.8. The molecule has 5 nitrogen and oxygen atoms in total. The number of hydrogen-bond acceptors (Lipinski definition) is 4. The minimum absolute atomic E-state index is 0.115. The first-order valence-corrected chi connectivity index (χ1v) is 6.35. The number of ether oxygens (including phenoxy) is 1. The zero-order chi connectivity index (χ0) is 12.8. The fourth-order valence-electron chi connectivity index (χ4n) is 2.19. The van der Waals surface area contributed by atoms with Gasteiger partial charge < -0.3 is 19.4 Å². The molecule has 0 bridgehead atoms. The second-order valence-electron chi connectivity index (χ2n) is 4.56. The second kappa shape index (κ2) is 6.56. The monoisotopic (exact) mass is 252 g/mol. The minimum atomic E-state index is -0.115. The lowest BCUT2D eigenvalue weighted by molar-refractivity contribution is 0.0866. The summed E-state index contributed by atoms with van der Waals surface area (Å²) in [5, 5.41) is 3.01. The molecule has 1 amide bonds. The third-order valence-corrected chi connectivity index (χ3v) is 3.28. The average Bonchev–Trinajstić information content (AvgIpc) is 2.92. The van der Waals surface area contributed by atoms with Crippen LogP contribution in [0.5, 0.6) is 0 Å². The fraction of sp³-hybridized carbons (Fsp3) is 0.615. The van der Waals surface area contributed by atoms with Crippen LogP contribution in [0.15, 0.2) is 22.8 Å². The maximum Gasteiger partial charge on any atom is 0.287 e. The molecule has 100 valence electrons. The van der Waals surface area contributed by atoms with Crippen molar-refractivity contribution in [2.75, 3.05) is 33.4 Å². The Kier molecular flexibility index (Phi) is 4.78. The van der Waals surface area contributed by atoms with Crippen molar-refractivity contribution >= 4 is 5.91 Å². The van der Waals surface area contributed by atoms with E-state index in [0.717, 1.165) is 39.1 Å². The lowest BCUT2D eigenvalue weighted by Crippen LogP contribution is -2.45. The van der Waals surface area contributed by atoms with Gasteiger partial charge in [0.05, 0.1) is 12.9 Å². The Balaban J connectivity index is 1.72. The van der Waals surface area contributed by atoms with Crippen LogP contribution in [-0.2, 0) is 4.74 Å². The number of carbonyl (C=O) groups is 1. The van der Waals surface area contributed by atoms with Crippen LogP contribution in [0.2, 0.25) is 0 Å². The number of likely N-dealkylation sites (tertiary alicyclic amines) is 1. The molecule has 1 aliphatic rings. The van der Waals surface area contributed by atoms with Crippen LogP contribution < -0.4 is 5.32 Å². The van der Waals surface area contributed by atoms with E-state index in [1.165, 1.54) is 6.26 Å². The van der Waals surface area contributed by atoms with Gasteiger partial charge in [0.2, 0.25) is 0 Å². The number of hydrogen-bond donors (Lipinski definition) is 1. The topological polar surface area (TPSA) is 54.7 Å². The molecule has 0 saturated carbocycles. The van der Waals surface area contributed by atoms with Gasteiger partial charge in [0, 0.05) is 32.8 Å². The van der Waals surface area contributed by atoms with Gasteiger partial charge in [0.25, 0.3) is 5.91 Å². The van der Waals surface area contributed by atoms with E-state index in [4.69, 9.17) is 9.15 Å². The Bertz CT molecular complexity index is 356. The number of nitrogens with one attached hydrogen (secondary N) is 1. The molecule has 0 aliphatic carbocycles. The van der Waals surface area contributed by atoms with E-state index in [2.05, 4.69) is 10.2 Å². The molecule has 0 unspecified atom stereocenters. The number of nitrogens with zero attached hydrogens (tertiary/aromatic N) is 1. The first-order valence-electron chi connectivity index (χ1n) is 6.35. The molecule has 1 aromatic heterocycles. The zero-order valence-corrected chi connectivity index (χ0v) is 10.7. The third kappa shape index (κ3) is 3.58. The molecule has 5 heteroatoms. The summed E-state index contributed by atoms with van der Waals surface area (Å²) in [7, 11) is 1.72. The molecule has 0 radical (unpaired) electrons. The normalized spacial score (nSPS) is 17.8. The Morgan fingerprint density at radius 1 is 1.56 bits per heavy atom. The van der Waals surface area contributed by atoms with Crippen LogP contribution >= 0.6 is 0 Å². The van der Waals surface area contributed by atoms with Crippen LogP contribution in [0.25, 0.3) is 0 Å². The highest BCUT2D eigenvalue weighted by molar-refractivity contribution is 5.91. The molecule has 1 N–H and O–H groups in total. The van der Waals surface area contributed by atoms with Crippen molar-refractivity contribution in [1.29, 1.82) is 0 Å². The van der Waals surface area contributed by atoms with Gasteiger partial charge in [-0.25, -0.2) is 0 Å². The molecule has 1 saturated heterocycles. The maximum atomic E-state index is 11.8. The lowest BCUT2D eigenvalue weighted by Gasteiger charge is -2.31. The van der Waals surface area contributed by atoms with Gasteiger partial charge in [0.1, 0.15) is 0 Å².